The highest BCUT2D eigenvalue weighted by atomic mass is 16.6. The average Bonchev–Trinajstić information content (AvgIpc) is 3.25. The Bertz CT molecular complexity index is 774. The molecule has 0 radical (unpaired) electrons. The average molecular weight is 428 g/mol. The summed E-state index contributed by atoms with van der Waals surface area (Å²) in [6.07, 6.45) is 16.3. The summed E-state index contributed by atoms with van der Waals surface area (Å²) in [5, 5.41) is 0. The van der Waals surface area contributed by atoms with Crippen molar-refractivity contribution in [1.82, 2.24) is 4.90 Å². The van der Waals surface area contributed by atoms with E-state index >= 15 is 0 Å². The van der Waals surface area contributed by atoms with Crippen molar-refractivity contribution < 1.29 is 14.3 Å². The third kappa shape index (κ3) is 2.91. The van der Waals surface area contributed by atoms with Gasteiger partial charge >= 0.3 is 6.09 Å². The zero-order valence-corrected chi connectivity index (χ0v) is 19.7. The van der Waals surface area contributed by atoms with Gasteiger partial charge in [0.05, 0.1) is 6.54 Å². The fourth-order valence-electron chi connectivity index (χ4n) is 9.64. The van der Waals surface area contributed by atoms with Crippen LogP contribution in [0.25, 0.3) is 0 Å². The van der Waals surface area contributed by atoms with Crippen molar-refractivity contribution >= 4 is 11.9 Å². The second kappa shape index (κ2) is 6.97. The molecule has 0 bridgehead atoms. The molecule has 1 saturated heterocycles. The SMILES string of the molecule is C[C@]12CC[C@@]3(C[C@@H]1CC[C@@H]1[C@@H]2CC[C@]2(C)C(=O)CC[C@@H]12)CN(C1CCCCC1)C(=O)O3. The van der Waals surface area contributed by atoms with Crippen molar-refractivity contribution in [3.8, 4) is 0 Å². The van der Waals surface area contributed by atoms with Gasteiger partial charge < -0.3 is 9.64 Å². The summed E-state index contributed by atoms with van der Waals surface area (Å²) in [6, 6.07) is 0.417. The first-order valence-electron chi connectivity index (χ1n) is 13.4. The van der Waals surface area contributed by atoms with Gasteiger partial charge in [0.1, 0.15) is 11.4 Å². The van der Waals surface area contributed by atoms with Gasteiger partial charge in [0, 0.05) is 17.9 Å². The van der Waals surface area contributed by atoms with Crippen molar-refractivity contribution in [3.05, 3.63) is 0 Å². The first-order chi connectivity index (χ1) is 14.8. The third-order valence-electron chi connectivity index (χ3n) is 11.5. The topological polar surface area (TPSA) is 46.6 Å². The molecule has 1 amide bonds. The molecule has 6 rings (SSSR count). The van der Waals surface area contributed by atoms with Crippen LogP contribution in [0.1, 0.15) is 104 Å². The standard InChI is InChI=1S/C27H41NO3/c1-25-14-15-27(17-28(24(30)31-27)19-6-4-3-5-7-19)16-18(25)8-9-20-21-10-11-23(29)26(21,2)13-12-22(20)25/h18-22H,3-17H2,1-2H3/t18-,20-,21-,22-,25-,26-,27+/m0/s1. The Morgan fingerprint density at radius 2 is 1.68 bits per heavy atom. The number of ketones is 1. The van der Waals surface area contributed by atoms with Gasteiger partial charge in [0.15, 0.2) is 0 Å². The Morgan fingerprint density at radius 3 is 2.48 bits per heavy atom. The minimum absolute atomic E-state index is 0.0258. The Hall–Kier alpha value is -1.06. The zero-order valence-electron chi connectivity index (χ0n) is 19.7. The van der Waals surface area contributed by atoms with E-state index in [1.165, 1.54) is 44.9 Å². The predicted octanol–water partition coefficient (Wildman–Crippen LogP) is 6.12. The van der Waals surface area contributed by atoms with Gasteiger partial charge in [-0.2, -0.15) is 0 Å². The van der Waals surface area contributed by atoms with Crippen LogP contribution in [0.3, 0.4) is 0 Å². The van der Waals surface area contributed by atoms with Gasteiger partial charge in [-0.3, -0.25) is 4.79 Å². The van der Waals surface area contributed by atoms with E-state index in [0.29, 0.717) is 29.1 Å². The van der Waals surface area contributed by atoms with E-state index in [1.807, 2.05) is 0 Å². The van der Waals surface area contributed by atoms with Crippen LogP contribution in [0.5, 0.6) is 0 Å². The summed E-state index contributed by atoms with van der Waals surface area (Å²) >= 11 is 0. The van der Waals surface area contributed by atoms with E-state index in [0.717, 1.165) is 63.3 Å². The molecule has 172 valence electrons. The zero-order chi connectivity index (χ0) is 21.4. The van der Waals surface area contributed by atoms with Crippen LogP contribution in [-0.2, 0) is 9.53 Å². The fraction of sp³-hybridized carbons (Fsp3) is 0.926. The number of hydrogen-bond donors (Lipinski definition) is 0. The molecule has 4 heteroatoms. The minimum atomic E-state index is -0.224. The lowest BCUT2D eigenvalue weighted by molar-refractivity contribution is -0.149. The van der Waals surface area contributed by atoms with Crippen LogP contribution in [0.2, 0.25) is 0 Å². The lowest BCUT2D eigenvalue weighted by Gasteiger charge is -2.61. The van der Waals surface area contributed by atoms with Gasteiger partial charge in [-0.25, -0.2) is 4.79 Å². The van der Waals surface area contributed by atoms with Crippen LogP contribution < -0.4 is 0 Å². The molecule has 0 aromatic carbocycles. The number of hydrogen-bond acceptors (Lipinski definition) is 3. The van der Waals surface area contributed by atoms with E-state index < -0.39 is 0 Å². The highest BCUT2D eigenvalue weighted by molar-refractivity contribution is 5.87. The molecule has 6 aliphatic rings. The Labute approximate surface area is 187 Å². The van der Waals surface area contributed by atoms with Gasteiger partial charge in [-0.1, -0.05) is 33.1 Å². The molecule has 5 aliphatic carbocycles. The maximum absolute atomic E-state index is 12.9. The van der Waals surface area contributed by atoms with Gasteiger partial charge in [0.25, 0.3) is 0 Å². The van der Waals surface area contributed by atoms with Crippen molar-refractivity contribution in [3.63, 3.8) is 0 Å². The number of rotatable bonds is 1. The quantitative estimate of drug-likeness (QED) is 0.506. The maximum Gasteiger partial charge on any atom is 0.410 e. The molecule has 0 unspecified atom stereocenters. The maximum atomic E-state index is 12.9. The number of ether oxygens (including phenoxy) is 1. The number of amides is 1. The molecule has 0 aromatic heterocycles. The van der Waals surface area contributed by atoms with Crippen LogP contribution in [0, 0.1) is 34.5 Å². The van der Waals surface area contributed by atoms with E-state index in [4.69, 9.17) is 4.74 Å². The van der Waals surface area contributed by atoms with Crippen molar-refractivity contribution in [2.75, 3.05) is 6.54 Å². The van der Waals surface area contributed by atoms with Crippen LogP contribution >= 0.6 is 0 Å². The van der Waals surface area contributed by atoms with Gasteiger partial charge in [-0.05, 0) is 93.3 Å². The molecule has 0 aromatic rings. The van der Waals surface area contributed by atoms with Crippen molar-refractivity contribution in [2.24, 2.45) is 34.5 Å². The molecule has 5 saturated carbocycles. The first kappa shape index (κ1) is 20.5. The summed E-state index contributed by atoms with van der Waals surface area (Å²) in [7, 11) is 0. The summed E-state index contributed by atoms with van der Waals surface area (Å²) in [6.45, 7) is 5.69. The lowest BCUT2D eigenvalue weighted by Crippen LogP contribution is -2.56. The van der Waals surface area contributed by atoms with Crippen molar-refractivity contribution in [2.45, 2.75) is 115 Å². The normalized spacial score (nSPS) is 50.2. The Balaban J connectivity index is 1.20. The fourth-order valence-corrected chi connectivity index (χ4v) is 9.64. The van der Waals surface area contributed by atoms with E-state index in [1.54, 1.807) is 0 Å². The van der Waals surface area contributed by atoms with Gasteiger partial charge in [0.2, 0.25) is 0 Å². The molecule has 7 atom stereocenters. The Morgan fingerprint density at radius 1 is 0.871 bits per heavy atom. The van der Waals surface area contributed by atoms with E-state index in [9.17, 15) is 9.59 Å². The molecular formula is C27H41NO3. The van der Waals surface area contributed by atoms with E-state index in [2.05, 4.69) is 18.7 Å². The second-order valence-corrected chi connectivity index (χ2v) is 12.7. The summed E-state index contributed by atoms with van der Waals surface area (Å²) in [4.78, 5) is 27.7. The molecule has 31 heavy (non-hydrogen) atoms. The summed E-state index contributed by atoms with van der Waals surface area (Å²) in [5.74, 6) is 3.34. The number of fused-ring (bicyclic) bond motifs is 5. The summed E-state index contributed by atoms with van der Waals surface area (Å²) in [5.41, 5.74) is 0.117. The summed E-state index contributed by atoms with van der Waals surface area (Å²) < 4.78 is 6.23. The Kier molecular flexibility index (Phi) is 4.62. The van der Waals surface area contributed by atoms with Gasteiger partial charge in [-0.15, -0.1) is 0 Å². The molecule has 6 fully saturated rings. The molecule has 1 aliphatic heterocycles. The number of carbonyl (C=O) groups is 2. The number of Topliss-reactive ketones (excluding diaryl/α,β-unsaturated/α-hetero) is 1. The second-order valence-electron chi connectivity index (χ2n) is 12.7. The monoisotopic (exact) mass is 427 g/mol. The van der Waals surface area contributed by atoms with E-state index in [-0.39, 0.29) is 17.1 Å². The largest absolute Gasteiger partial charge is 0.441 e. The first-order valence-corrected chi connectivity index (χ1v) is 13.4. The van der Waals surface area contributed by atoms with Crippen molar-refractivity contribution in [1.29, 1.82) is 0 Å². The minimum Gasteiger partial charge on any atom is -0.441 e. The highest BCUT2D eigenvalue weighted by Gasteiger charge is 2.63. The van der Waals surface area contributed by atoms with Crippen LogP contribution in [0.4, 0.5) is 4.79 Å². The highest BCUT2D eigenvalue weighted by Crippen LogP contribution is 2.66. The number of nitrogens with zero attached hydrogens (tertiary/aromatic N) is 1. The molecule has 1 spiro atoms. The third-order valence-corrected chi connectivity index (χ3v) is 11.5. The van der Waals surface area contributed by atoms with Crippen LogP contribution in [0.15, 0.2) is 0 Å². The predicted molar refractivity (Wildman–Crippen MR) is 120 cm³/mol. The molecule has 0 N–H and O–H groups in total. The lowest BCUT2D eigenvalue weighted by atomic mass is 9.44. The molecule has 4 nitrogen and oxygen atoms in total. The van der Waals surface area contributed by atoms with Crippen LogP contribution in [-0.4, -0.2) is 35.0 Å². The smallest absolute Gasteiger partial charge is 0.410 e. The number of carbonyl (C=O) groups excluding carboxylic acids is 2. The molecule has 1 heterocycles. The molecular weight excluding hydrogens is 386 g/mol.